The number of rotatable bonds is 3. The zero-order valence-electron chi connectivity index (χ0n) is 8.21. The van der Waals surface area contributed by atoms with Crippen LogP contribution < -0.4 is 0 Å². The lowest BCUT2D eigenvalue weighted by Gasteiger charge is -2.03. The number of halogens is 3. The first-order valence-electron chi connectivity index (χ1n) is 4.63. The van der Waals surface area contributed by atoms with Crippen LogP contribution in [0.25, 0.3) is 0 Å². The molecule has 1 aromatic heterocycles. The smallest absolute Gasteiger partial charge is 0.0973 e. The van der Waals surface area contributed by atoms with E-state index in [2.05, 4.69) is 4.98 Å². The van der Waals surface area contributed by atoms with Crippen molar-refractivity contribution in [1.29, 1.82) is 0 Å². The highest BCUT2D eigenvalue weighted by atomic mass is 35.5. The fraction of sp³-hybridized carbons (Fsp3) is 0.182. The minimum atomic E-state index is 0.494. The van der Waals surface area contributed by atoms with E-state index in [1.807, 2.05) is 18.2 Å². The molecule has 84 valence electrons. The van der Waals surface area contributed by atoms with Crippen molar-refractivity contribution in [3.63, 3.8) is 0 Å². The van der Waals surface area contributed by atoms with E-state index in [9.17, 15) is 0 Å². The van der Waals surface area contributed by atoms with E-state index in [4.69, 9.17) is 34.8 Å². The molecule has 1 aromatic carbocycles. The van der Waals surface area contributed by atoms with Crippen molar-refractivity contribution in [1.82, 2.24) is 4.98 Å². The van der Waals surface area contributed by atoms with Gasteiger partial charge in [-0.15, -0.1) is 22.9 Å². The highest BCUT2D eigenvalue weighted by Gasteiger charge is 2.09. The molecule has 0 aliphatic carbocycles. The normalized spacial score (nSPS) is 10.7. The van der Waals surface area contributed by atoms with Gasteiger partial charge >= 0.3 is 0 Å². The van der Waals surface area contributed by atoms with Crippen LogP contribution in [0.4, 0.5) is 0 Å². The van der Waals surface area contributed by atoms with Gasteiger partial charge in [-0.05, 0) is 17.7 Å². The van der Waals surface area contributed by atoms with Crippen LogP contribution in [0, 0.1) is 0 Å². The Labute approximate surface area is 113 Å². The predicted octanol–water partition coefficient (Wildman–Crippen LogP) is 4.78. The van der Waals surface area contributed by atoms with Crippen molar-refractivity contribution in [2.24, 2.45) is 0 Å². The van der Waals surface area contributed by atoms with E-state index < -0.39 is 0 Å². The Morgan fingerprint density at radius 2 is 1.88 bits per heavy atom. The molecular weight excluding hydrogens is 285 g/mol. The standard InChI is InChI=1S/C11H8Cl3NS/c12-5-7-6-15-11(16-7)4-8-9(13)2-1-3-10(8)14/h1-3,6H,4-5H2. The lowest BCUT2D eigenvalue weighted by Crippen LogP contribution is -1.89. The summed E-state index contributed by atoms with van der Waals surface area (Å²) >= 11 is 19.5. The molecule has 0 aliphatic heterocycles. The topological polar surface area (TPSA) is 12.9 Å². The van der Waals surface area contributed by atoms with Crippen LogP contribution in [0.2, 0.25) is 10.0 Å². The highest BCUT2D eigenvalue weighted by molar-refractivity contribution is 7.11. The van der Waals surface area contributed by atoms with Gasteiger partial charge in [0.05, 0.1) is 10.9 Å². The van der Waals surface area contributed by atoms with Gasteiger partial charge in [-0.1, -0.05) is 29.3 Å². The quantitative estimate of drug-likeness (QED) is 0.742. The third-order valence-corrected chi connectivity index (χ3v) is 4.27. The summed E-state index contributed by atoms with van der Waals surface area (Å²) in [5.74, 6) is 0.494. The second kappa shape index (κ2) is 5.37. The zero-order valence-corrected chi connectivity index (χ0v) is 11.3. The molecule has 1 nitrogen and oxygen atoms in total. The number of thiazole rings is 1. The van der Waals surface area contributed by atoms with E-state index in [-0.39, 0.29) is 0 Å². The molecule has 0 atom stereocenters. The van der Waals surface area contributed by atoms with Crippen LogP contribution in [-0.4, -0.2) is 4.98 Å². The summed E-state index contributed by atoms with van der Waals surface area (Å²) in [5.41, 5.74) is 0.918. The average molecular weight is 293 g/mol. The van der Waals surface area contributed by atoms with Crippen molar-refractivity contribution in [2.75, 3.05) is 0 Å². The maximum atomic E-state index is 6.09. The number of hydrogen-bond donors (Lipinski definition) is 0. The molecule has 0 unspecified atom stereocenters. The van der Waals surface area contributed by atoms with Crippen molar-refractivity contribution in [3.8, 4) is 0 Å². The van der Waals surface area contributed by atoms with Gasteiger partial charge in [-0.3, -0.25) is 0 Å². The number of aromatic nitrogens is 1. The van der Waals surface area contributed by atoms with Crippen molar-refractivity contribution < 1.29 is 0 Å². The van der Waals surface area contributed by atoms with Gasteiger partial charge < -0.3 is 0 Å². The van der Waals surface area contributed by atoms with Crippen LogP contribution >= 0.6 is 46.1 Å². The molecule has 2 rings (SSSR count). The average Bonchev–Trinajstić information content (AvgIpc) is 2.71. The summed E-state index contributed by atoms with van der Waals surface area (Å²) < 4.78 is 0. The first-order chi connectivity index (χ1) is 7.70. The first-order valence-corrected chi connectivity index (χ1v) is 6.74. The SMILES string of the molecule is ClCc1cnc(Cc2c(Cl)cccc2Cl)s1. The molecule has 0 bridgehead atoms. The lowest BCUT2D eigenvalue weighted by molar-refractivity contribution is 1.13. The van der Waals surface area contributed by atoms with E-state index in [0.717, 1.165) is 15.4 Å². The van der Waals surface area contributed by atoms with Crippen LogP contribution in [0.5, 0.6) is 0 Å². The van der Waals surface area contributed by atoms with Crippen LogP contribution in [0.3, 0.4) is 0 Å². The van der Waals surface area contributed by atoms with Gasteiger partial charge in [0.2, 0.25) is 0 Å². The van der Waals surface area contributed by atoms with Crippen molar-refractivity contribution in [3.05, 3.63) is 49.9 Å². The number of benzene rings is 1. The fourth-order valence-electron chi connectivity index (χ4n) is 1.34. The maximum Gasteiger partial charge on any atom is 0.0973 e. The van der Waals surface area contributed by atoms with Crippen molar-refractivity contribution >= 4 is 46.1 Å². The molecule has 0 spiro atoms. The van der Waals surface area contributed by atoms with Crippen molar-refractivity contribution in [2.45, 2.75) is 12.3 Å². The third-order valence-electron chi connectivity index (χ3n) is 2.12. The highest BCUT2D eigenvalue weighted by Crippen LogP contribution is 2.28. The van der Waals surface area contributed by atoms with Gasteiger partial charge in [0.1, 0.15) is 0 Å². The number of nitrogens with zero attached hydrogens (tertiary/aromatic N) is 1. The van der Waals surface area contributed by atoms with Crippen LogP contribution in [0.15, 0.2) is 24.4 Å². The minimum Gasteiger partial charge on any atom is -0.249 e. The fourth-order valence-corrected chi connectivity index (χ4v) is 2.89. The molecule has 0 saturated carbocycles. The number of alkyl halides is 1. The summed E-state index contributed by atoms with van der Waals surface area (Å²) in [6.45, 7) is 0. The molecule has 0 radical (unpaired) electrons. The summed E-state index contributed by atoms with van der Waals surface area (Å²) in [6.07, 6.45) is 2.44. The predicted molar refractivity (Wildman–Crippen MR) is 70.9 cm³/mol. The number of hydrogen-bond acceptors (Lipinski definition) is 2. The third kappa shape index (κ3) is 2.69. The molecular formula is C11H8Cl3NS. The molecule has 0 aliphatic rings. The molecule has 16 heavy (non-hydrogen) atoms. The Kier molecular flexibility index (Phi) is 4.09. The first kappa shape index (κ1) is 12.2. The Bertz CT molecular complexity index is 475. The van der Waals surface area contributed by atoms with E-state index in [1.165, 1.54) is 0 Å². The maximum absolute atomic E-state index is 6.09. The Balaban J connectivity index is 2.26. The molecule has 1 heterocycles. The summed E-state index contributed by atoms with van der Waals surface area (Å²) in [4.78, 5) is 5.34. The Morgan fingerprint density at radius 3 is 2.44 bits per heavy atom. The van der Waals surface area contributed by atoms with Gasteiger partial charge in [0, 0.05) is 27.5 Å². The summed E-state index contributed by atoms with van der Waals surface area (Å²) in [6, 6.07) is 5.50. The van der Waals surface area contributed by atoms with E-state index >= 15 is 0 Å². The lowest BCUT2D eigenvalue weighted by atomic mass is 10.1. The molecule has 2 aromatic rings. The molecule has 0 N–H and O–H groups in total. The van der Waals surface area contributed by atoms with Gasteiger partial charge in [-0.2, -0.15) is 0 Å². The minimum absolute atomic E-state index is 0.494. The molecule has 0 fully saturated rings. The van der Waals surface area contributed by atoms with Crippen LogP contribution in [0.1, 0.15) is 15.4 Å². The van der Waals surface area contributed by atoms with Gasteiger partial charge in [0.15, 0.2) is 0 Å². The molecule has 0 amide bonds. The molecule has 5 heteroatoms. The van der Waals surface area contributed by atoms with E-state index in [0.29, 0.717) is 22.3 Å². The molecule has 0 saturated heterocycles. The van der Waals surface area contributed by atoms with E-state index in [1.54, 1.807) is 17.5 Å². The summed E-state index contributed by atoms with van der Waals surface area (Å²) in [5, 5.41) is 2.33. The second-order valence-corrected chi connectivity index (χ2v) is 5.51. The Morgan fingerprint density at radius 1 is 1.19 bits per heavy atom. The monoisotopic (exact) mass is 291 g/mol. The van der Waals surface area contributed by atoms with Gasteiger partial charge in [0.25, 0.3) is 0 Å². The van der Waals surface area contributed by atoms with Crippen LogP contribution in [-0.2, 0) is 12.3 Å². The zero-order chi connectivity index (χ0) is 11.5. The summed E-state index contributed by atoms with van der Waals surface area (Å²) in [7, 11) is 0. The Hall–Kier alpha value is -0.280. The van der Waals surface area contributed by atoms with Gasteiger partial charge in [-0.25, -0.2) is 4.98 Å². The second-order valence-electron chi connectivity index (χ2n) is 3.23. The largest absolute Gasteiger partial charge is 0.249 e.